The van der Waals surface area contributed by atoms with E-state index in [4.69, 9.17) is 0 Å². The van der Waals surface area contributed by atoms with E-state index in [0.717, 1.165) is 25.8 Å². The lowest BCUT2D eigenvalue weighted by Crippen LogP contribution is -2.48. The van der Waals surface area contributed by atoms with Gasteiger partial charge in [-0.15, -0.1) is 0 Å². The molecular formula is C19H28N2O2. The SMILES string of the molecule is O=C(NC1CCCCC1Cc1ccccc1)N1CCC(CO)C1. The summed E-state index contributed by atoms with van der Waals surface area (Å²) >= 11 is 0. The monoisotopic (exact) mass is 316 g/mol. The van der Waals surface area contributed by atoms with Gasteiger partial charge in [0.1, 0.15) is 0 Å². The maximum absolute atomic E-state index is 12.5. The molecule has 1 aromatic carbocycles. The van der Waals surface area contributed by atoms with E-state index in [0.29, 0.717) is 12.5 Å². The summed E-state index contributed by atoms with van der Waals surface area (Å²) in [6, 6.07) is 10.9. The van der Waals surface area contributed by atoms with Gasteiger partial charge in [-0.05, 0) is 37.2 Å². The highest BCUT2D eigenvalue weighted by atomic mass is 16.3. The maximum atomic E-state index is 12.5. The lowest BCUT2D eigenvalue weighted by atomic mass is 9.81. The van der Waals surface area contributed by atoms with Gasteiger partial charge in [-0.3, -0.25) is 0 Å². The van der Waals surface area contributed by atoms with Crippen LogP contribution in [0.5, 0.6) is 0 Å². The molecule has 1 aromatic rings. The lowest BCUT2D eigenvalue weighted by Gasteiger charge is -2.33. The molecule has 2 N–H and O–H groups in total. The Balaban J connectivity index is 1.57. The Hall–Kier alpha value is -1.55. The van der Waals surface area contributed by atoms with Crippen LogP contribution in [0.3, 0.4) is 0 Å². The van der Waals surface area contributed by atoms with Gasteiger partial charge < -0.3 is 15.3 Å². The van der Waals surface area contributed by atoms with Crippen LogP contribution >= 0.6 is 0 Å². The molecule has 1 saturated heterocycles. The van der Waals surface area contributed by atoms with Crippen LogP contribution in [-0.2, 0) is 6.42 Å². The molecule has 0 spiro atoms. The first-order valence-electron chi connectivity index (χ1n) is 8.96. The van der Waals surface area contributed by atoms with Crippen LogP contribution < -0.4 is 5.32 Å². The number of carbonyl (C=O) groups excluding carboxylic acids is 1. The number of amides is 2. The molecule has 4 nitrogen and oxygen atoms in total. The summed E-state index contributed by atoms with van der Waals surface area (Å²) in [6.45, 7) is 1.65. The van der Waals surface area contributed by atoms with Crippen LogP contribution in [0, 0.1) is 11.8 Å². The summed E-state index contributed by atoms with van der Waals surface area (Å²) in [5.41, 5.74) is 1.36. The van der Waals surface area contributed by atoms with Crippen molar-refractivity contribution in [2.75, 3.05) is 19.7 Å². The highest BCUT2D eigenvalue weighted by molar-refractivity contribution is 5.74. The molecule has 2 amide bonds. The number of benzene rings is 1. The zero-order valence-corrected chi connectivity index (χ0v) is 13.8. The van der Waals surface area contributed by atoms with Crippen molar-refractivity contribution in [3.05, 3.63) is 35.9 Å². The van der Waals surface area contributed by atoms with Crippen LogP contribution in [-0.4, -0.2) is 41.8 Å². The number of nitrogens with one attached hydrogen (secondary N) is 1. The predicted octanol–water partition coefficient (Wildman–Crippen LogP) is 2.81. The van der Waals surface area contributed by atoms with Gasteiger partial charge in [-0.2, -0.15) is 0 Å². The van der Waals surface area contributed by atoms with Gasteiger partial charge in [-0.1, -0.05) is 43.2 Å². The van der Waals surface area contributed by atoms with Crippen molar-refractivity contribution in [3.8, 4) is 0 Å². The molecule has 1 saturated carbocycles. The molecule has 0 aromatic heterocycles. The van der Waals surface area contributed by atoms with E-state index in [-0.39, 0.29) is 24.6 Å². The minimum Gasteiger partial charge on any atom is -0.396 e. The van der Waals surface area contributed by atoms with E-state index in [1.165, 1.54) is 24.8 Å². The molecule has 0 radical (unpaired) electrons. The minimum atomic E-state index is 0.0610. The number of carbonyl (C=O) groups is 1. The van der Waals surface area contributed by atoms with Gasteiger partial charge in [0.05, 0.1) is 0 Å². The van der Waals surface area contributed by atoms with Gasteiger partial charge in [0.15, 0.2) is 0 Å². The molecule has 2 fully saturated rings. The summed E-state index contributed by atoms with van der Waals surface area (Å²) in [6.07, 6.45) is 6.71. The molecule has 0 bridgehead atoms. The van der Waals surface area contributed by atoms with Crippen molar-refractivity contribution in [1.29, 1.82) is 0 Å². The number of hydrogen-bond acceptors (Lipinski definition) is 2. The fraction of sp³-hybridized carbons (Fsp3) is 0.632. The van der Waals surface area contributed by atoms with E-state index in [1.807, 2.05) is 4.90 Å². The van der Waals surface area contributed by atoms with Crippen LogP contribution in [0.15, 0.2) is 30.3 Å². The number of aliphatic hydroxyl groups excluding tert-OH is 1. The van der Waals surface area contributed by atoms with Crippen molar-refractivity contribution >= 4 is 6.03 Å². The molecular weight excluding hydrogens is 288 g/mol. The van der Waals surface area contributed by atoms with Crippen molar-refractivity contribution in [3.63, 3.8) is 0 Å². The van der Waals surface area contributed by atoms with Crippen molar-refractivity contribution in [2.24, 2.45) is 11.8 Å². The topological polar surface area (TPSA) is 52.6 Å². The average Bonchev–Trinajstić information content (AvgIpc) is 3.07. The van der Waals surface area contributed by atoms with Gasteiger partial charge in [-0.25, -0.2) is 4.79 Å². The third-order valence-electron chi connectivity index (χ3n) is 5.39. The standard InChI is InChI=1S/C19H28N2O2/c22-14-16-10-11-21(13-16)19(23)20-18-9-5-4-8-17(18)12-15-6-2-1-3-7-15/h1-3,6-7,16-18,22H,4-5,8-14H2,(H,20,23). The Kier molecular flexibility index (Phi) is 5.55. The van der Waals surface area contributed by atoms with E-state index < -0.39 is 0 Å². The quantitative estimate of drug-likeness (QED) is 0.897. The zero-order chi connectivity index (χ0) is 16.1. The molecule has 126 valence electrons. The second-order valence-corrected chi connectivity index (χ2v) is 7.07. The highest BCUT2D eigenvalue weighted by Gasteiger charge is 2.30. The third-order valence-corrected chi connectivity index (χ3v) is 5.39. The van der Waals surface area contributed by atoms with Crippen molar-refractivity contribution in [2.45, 2.75) is 44.6 Å². The third kappa shape index (κ3) is 4.25. The van der Waals surface area contributed by atoms with Crippen molar-refractivity contribution in [1.82, 2.24) is 10.2 Å². The first-order chi connectivity index (χ1) is 11.3. The Morgan fingerprint density at radius 1 is 1.17 bits per heavy atom. The molecule has 3 unspecified atom stereocenters. The summed E-state index contributed by atoms with van der Waals surface area (Å²) in [5, 5.41) is 12.5. The summed E-state index contributed by atoms with van der Waals surface area (Å²) < 4.78 is 0. The van der Waals surface area contributed by atoms with E-state index in [2.05, 4.69) is 35.6 Å². The second-order valence-electron chi connectivity index (χ2n) is 7.07. The number of rotatable bonds is 4. The van der Waals surface area contributed by atoms with Gasteiger partial charge >= 0.3 is 6.03 Å². The number of nitrogens with zero attached hydrogens (tertiary/aromatic N) is 1. The number of likely N-dealkylation sites (tertiary alicyclic amines) is 1. The fourth-order valence-electron chi connectivity index (χ4n) is 3.97. The Bertz CT molecular complexity index is 505. The molecule has 3 rings (SSSR count). The number of hydrogen-bond donors (Lipinski definition) is 2. The summed E-state index contributed by atoms with van der Waals surface area (Å²) in [5.74, 6) is 0.790. The van der Waals surface area contributed by atoms with Crippen molar-refractivity contribution < 1.29 is 9.90 Å². The highest BCUT2D eigenvalue weighted by Crippen LogP contribution is 2.28. The molecule has 4 heteroatoms. The average molecular weight is 316 g/mol. The Morgan fingerprint density at radius 3 is 2.70 bits per heavy atom. The van der Waals surface area contributed by atoms with E-state index in [9.17, 15) is 9.90 Å². The van der Waals surface area contributed by atoms with Gasteiger partial charge in [0, 0.05) is 31.7 Å². The molecule has 1 heterocycles. The molecule has 1 aliphatic carbocycles. The van der Waals surface area contributed by atoms with Gasteiger partial charge in [0.2, 0.25) is 0 Å². The fourth-order valence-corrected chi connectivity index (χ4v) is 3.97. The predicted molar refractivity (Wildman–Crippen MR) is 91.2 cm³/mol. The van der Waals surface area contributed by atoms with Crippen LogP contribution in [0.4, 0.5) is 4.79 Å². The lowest BCUT2D eigenvalue weighted by molar-refractivity contribution is 0.182. The zero-order valence-electron chi connectivity index (χ0n) is 13.8. The largest absolute Gasteiger partial charge is 0.396 e. The Labute approximate surface area is 138 Å². The minimum absolute atomic E-state index is 0.0610. The molecule has 2 aliphatic rings. The summed E-state index contributed by atoms with van der Waals surface area (Å²) in [7, 11) is 0. The van der Waals surface area contributed by atoms with E-state index in [1.54, 1.807) is 0 Å². The molecule has 1 aliphatic heterocycles. The van der Waals surface area contributed by atoms with Crippen LogP contribution in [0.1, 0.15) is 37.7 Å². The molecule has 23 heavy (non-hydrogen) atoms. The first kappa shape index (κ1) is 16.3. The smallest absolute Gasteiger partial charge is 0.317 e. The Morgan fingerprint density at radius 2 is 1.96 bits per heavy atom. The normalized spacial score (nSPS) is 27.9. The second kappa shape index (κ2) is 7.82. The number of aliphatic hydroxyl groups is 1. The van der Waals surface area contributed by atoms with E-state index >= 15 is 0 Å². The van der Waals surface area contributed by atoms with Crippen LogP contribution in [0.2, 0.25) is 0 Å². The van der Waals surface area contributed by atoms with Gasteiger partial charge in [0.25, 0.3) is 0 Å². The molecule has 3 atom stereocenters. The number of urea groups is 1. The first-order valence-corrected chi connectivity index (χ1v) is 8.96. The van der Waals surface area contributed by atoms with Crippen LogP contribution in [0.25, 0.3) is 0 Å². The maximum Gasteiger partial charge on any atom is 0.317 e. The summed E-state index contributed by atoms with van der Waals surface area (Å²) in [4.78, 5) is 14.4.